The zero-order valence-electron chi connectivity index (χ0n) is 12.9. The van der Waals surface area contributed by atoms with Crippen molar-refractivity contribution in [3.63, 3.8) is 0 Å². The van der Waals surface area contributed by atoms with Crippen LogP contribution < -0.4 is 10.5 Å². The van der Waals surface area contributed by atoms with Gasteiger partial charge in [0.15, 0.2) is 6.61 Å². The Labute approximate surface area is 127 Å². The fourth-order valence-corrected chi connectivity index (χ4v) is 2.92. The van der Waals surface area contributed by atoms with E-state index in [1.54, 1.807) is 0 Å². The molecule has 1 aliphatic heterocycles. The van der Waals surface area contributed by atoms with Gasteiger partial charge in [-0.05, 0) is 24.8 Å². The molecule has 0 spiro atoms. The molecule has 2 N–H and O–H groups in total. The quantitative estimate of drug-likeness (QED) is 0.876. The molecule has 4 nitrogen and oxygen atoms in total. The number of carbonyl (C=O) groups excluding carboxylic acids is 1. The normalized spacial score (nSPS) is 16.0. The van der Waals surface area contributed by atoms with Crippen LogP contribution in [0.25, 0.3) is 0 Å². The molecule has 0 atom stereocenters. The number of hydrogen-bond donors (Lipinski definition) is 1. The van der Waals surface area contributed by atoms with Crippen molar-refractivity contribution in [2.45, 2.75) is 39.2 Å². The molecule has 2 rings (SSSR count). The zero-order valence-corrected chi connectivity index (χ0v) is 12.9. The fraction of sp³-hybridized carbons (Fsp3) is 0.588. The first-order chi connectivity index (χ1) is 10.2. The van der Waals surface area contributed by atoms with Crippen LogP contribution in [0.1, 0.15) is 38.2 Å². The molecule has 0 bridgehead atoms. The van der Waals surface area contributed by atoms with Gasteiger partial charge in [-0.25, -0.2) is 0 Å². The van der Waals surface area contributed by atoms with Gasteiger partial charge in [-0.15, -0.1) is 0 Å². The Balaban J connectivity index is 1.80. The molecule has 116 valence electrons. The van der Waals surface area contributed by atoms with Gasteiger partial charge in [0.25, 0.3) is 5.91 Å². The summed E-state index contributed by atoms with van der Waals surface area (Å²) in [6, 6.07) is 7.61. The molecule has 0 unspecified atom stereocenters. The molecular formula is C17H26N2O2. The van der Waals surface area contributed by atoms with Crippen molar-refractivity contribution in [1.29, 1.82) is 0 Å². The molecule has 1 heterocycles. The second kappa shape index (κ2) is 8.03. The van der Waals surface area contributed by atoms with Crippen LogP contribution >= 0.6 is 0 Å². The number of benzene rings is 1. The number of hydrogen-bond acceptors (Lipinski definition) is 3. The average molecular weight is 290 g/mol. The van der Waals surface area contributed by atoms with Crippen molar-refractivity contribution < 1.29 is 9.53 Å². The molecule has 21 heavy (non-hydrogen) atoms. The summed E-state index contributed by atoms with van der Waals surface area (Å²) in [5.74, 6) is 1.59. The lowest BCUT2D eigenvalue weighted by atomic mass is 9.92. The summed E-state index contributed by atoms with van der Waals surface area (Å²) in [7, 11) is 0. The predicted octanol–water partition coefficient (Wildman–Crippen LogP) is 2.56. The van der Waals surface area contributed by atoms with Gasteiger partial charge in [0.05, 0.1) is 0 Å². The van der Waals surface area contributed by atoms with E-state index in [9.17, 15) is 4.79 Å². The Bertz CT molecular complexity index is 454. The maximum absolute atomic E-state index is 12.2. The first-order valence-corrected chi connectivity index (χ1v) is 7.93. The van der Waals surface area contributed by atoms with Crippen LogP contribution in [-0.2, 0) is 11.3 Å². The van der Waals surface area contributed by atoms with Crippen molar-refractivity contribution in [1.82, 2.24) is 4.90 Å². The number of piperidine rings is 1. The molecule has 1 saturated heterocycles. The summed E-state index contributed by atoms with van der Waals surface area (Å²) in [5.41, 5.74) is 6.61. The molecule has 0 saturated carbocycles. The van der Waals surface area contributed by atoms with E-state index in [0.29, 0.717) is 12.3 Å². The highest BCUT2D eigenvalue weighted by Gasteiger charge is 2.22. The SMILES string of the molecule is CCCC1CCN(C(=O)COc2ccccc2CN)CC1. The number of para-hydroxylation sites is 1. The fourth-order valence-electron chi connectivity index (χ4n) is 2.92. The minimum Gasteiger partial charge on any atom is -0.483 e. The number of carbonyl (C=O) groups is 1. The number of rotatable bonds is 6. The number of nitrogens with two attached hydrogens (primary N) is 1. The first kappa shape index (κ1) is 15.8. The Morgan fingerprint density at radius 3 is 2.71 bits per heavy atom. The first-order valence-electron chi connectivity index (χ1n) is 7.93. The zero-order chi connectivity index (χ0) is 15.1. The van der Waals surface area contributed by atoms with Crippen molar-refractivity contribution in [3.05, 3.63) is 29.8 Å². The van der Waals surface area contributed by atoms with Gasteiger partial charge < -0.3 is 15.4 Å². The van der Waals surface area contributed by atoms with E-state index in [1.165, 1.54) is 12.8 Å². The molecule has 1 aromatic rings. The van der Waals surface area contributed by atoms with Crippen LogP contribution in [0.4, 0.5) is 0 Å². The summed E-state index contributed by atoms with van der Waals surface area (Å²) in [4.78, 5) is 14.1. The molecule has 1 aromatic carbocycles. The minimum absolute atomic E-state index is 0.0803. The largest absolute Gasteiger partial charge is 0.483 e. The van der Waals surface area contributed by atoms with Crippen LogP contribution in [0.5, 0.6) is 5.75 Å². The maximum Gasteiger partial charge on any atom is 0.260 e. The number of ether oxygens (including phenoxy) is 1. The molecule has 1 fully saturated rings. The number of amides is 1. The van der Waals surface area contributed by atoms with Crippen molar-refractivity contribution >= 4 is 5.91 Å². The molecule has 1 amide bonds. The predicted molar refractivity (Wildman–Crippen MR) is 84.0 cm³/mol. The van der Waals surface area contributed by atoms with E-state index in [1.807, 2.05) is 29.2 Å². The Hall–Kier alpha value is -1.55. The smallest absolute Gasteiger partial charge is 0.260 e. The van der Waals surface area contributed by atoms with Crippen LogP contribution in [0, 0.1) is 5.92 Å². The lowest BCUT2D eigenvalue weighted by Crippen LogP contribution is -2.41. The van der Waals surface area contributed by atoms with Gasteiger partial charge in [-0.2, -0.15) is 0 Å². The number of likely N-dealkylation sites (tertiary alicyclic amines) is 1. The van der Waals surface area contributed by atoms with Crippen molar-refractivity contribution in [2.24, 2.45) is 11.7 Å². The molecule has 0 aliphatic carbocycles. The third-order valence-corrected chi connectivity index (χ3v) is 4.21. The van der Waals surface area contributed by atoms with Crippen LogP contribution in [0.15, 0.2) is 24.3 Å². The van der Waals surface area contributed by atoms with Gasteiger partial charge in [-0.3, -0.25) is 4.79 Å². The monoisotopic (exact) mass is 290 g/mol. The summed E-state index contributed by atoms with van der Waals surface area (Å²) in [6.45, 7) is 4.49. The standard InChI is InChI=1S/C17H26N2O2/c1-2-5-14-8-10-19(11-9-14)17(20)13-21-16-7-4-3-6-15(16)12-18/h3-4,6-7,14H,2,5,8-13,18H2,1H3. The van der Waals surface area contributed by atoms with Crippen molar-refractivity contribution in [2.75, 3.05) is 19.7 Å². The average Bonchev–Trinajstić information content (AvgIpc) is 2.54. The lowest BCUT2D eigenvalue weighted by Gasteiger charge is -2.31. The van der Waals surface area contributed by atoms with Gasteiger partial charge >= 0.3 is 0 Å². The summed E-state index contributed by atoms with van der Waals surface area (Å²) in [5, 5.41) is 0. The van der Waals surface area contributed by atoms with E-state index in [2.05, 4.69) is 6.92 Å². The second-order valence-electron chi connectivity index (χ2n) is 5.71. The molecule has 0 aromatic heterocycles. The topological polar surface area (TPSA) is 55.6 Å². The molecule has 4 heteroatoms. The maximum atomic E-state index is 12.2. The van der Waals surface area contributed by atoms with E-state index in [-0.39, 0.29) is 12.5 Å². The van der Waals surface area contributed by atoms with Crippen LogP contribution in [-0.4, -0.2) is 30.5 Å². The highest BCUT2D eigenvalue weighted by Crippen LogP contribution is 2.22. The summed E-state index contributed by atoms with van der Waals surface area (Å²) >= 11 is 0. The Morgan fingerprint density at radius 2 is 2.05 bits per heavy atom. The van der Waals surface area contributed by atoms with E-state index < -0.39 is 0 Å². The third-order valence-electron chi connectivity index (χ3n) is 4.21. The minimum atomic E-state index is 0.0803. The van der Waals surface area contributed by atoms with Gasteiger partial charge in [0.2, 0.25) is 0 Å². The highest BCUT2D eigenvalue weighted by atomic mass is 16.5. The van der Waals surface area contributed by atoms with E-state index in [4.69, 9.17) is 10.5 Å². The molecule has 1 aliphatic rings. The summed E-state index contributed by atoms with van der Waals surface area (Å²) < 4.78 is 5.65. The van der Waals surface area contributed by atoms with Crippen LogP contribution in [0.3, 0.4) is 0 Å². The molecular weight excluding hydrogens is 264 g/mol. The van der Waals surface area contributed by atoms with E-state index in [0.717, 1.165) is 37.4 Å². The van der Waals surface area contributed by atoms with Crippen molar-refractivity contribution in [3.8, 4) is 5.75 Å². The lowest BCUT2D eigenvalue weighted by molar-refractivity contribution is -0.134. The Morgan fingerprint density at radius 1 is 1.33 bits per heavy atom. The highest BCUT2D eigenvalue weighted by molar-refractivity contribution is 5.77. The van der Waals surface area contributed by atoms with E-state index >= 15 is 0 Å². The number of nitrogens with zero attached hydrogens (tertiary/aromatic N) is 1. The summed E-state index contributed by atoms with van der Waals surface area (Å²) in [6.07, 6.45) is 4.76. The Kier molecular flexibility index (Phi) is 6.05. The molecule has 0 radical (unpaired) electrons. The second-order valence-corrected chi connectivity index (χ2v) is 5.71. The van der Waals surface area contributed by atoms with Crippen LogP contribution in [0.2, 0.25) is 0 Å². The third kappa shape index (κ3) is 4.46. The van der Waals surface area contributed by atoms with Gasteiger partial charge in [-0.1, -0.05) is 38.0 Å². The van der Waals surface area contributed by atoms with Gasteiger partial charge in [0, 0.05) is 25.2 Å². The van der Waals surface area contributed by atoms with Gasteiger partial charge in [0.1, 0.15) is 5.75 Å².